The molecule has 3 aromatic rings. The molecular weight excluding hydrogens is 354 g/mol. The highest BCUT2D eigenvalue weighted by Crippen LogP contribution is 2.24. The third-order valence-corrected chi connectivity index (χ3v) is 5.16. The lowest BCUT2D eigenvalue weighted by atomic mass is 10.1. The van der Waals surface area contributed by atoms with Crippen molar-refractivity contribution in [1.29, 1.82) is 0 Å². The minimum absolute atomic E-state index is 0.0478. The first kappa shape index (κ1) is 18.2. The Labute approximate surface area is 163 Å². The Morgan fingerprint density at radius 3 is 2.64 bits per heavy atom. The molecular formula is C22H23N3O3. The molecule has 1 fully saturated rings. The minimum Gasteiger partial charge on any atom is -0.445 e. The van der Waals surface area contributed by atoms with E-state index < -0.39 is 0 Å². The van der Waals surface area contributed by atoms with Gasteiger partial charge < -0.3 is 14.2 Å². The van der Waals surface area contributed by atoms with E-state index in [1.165, 1.54) is 0 Å². The van der Waals surface area contributed by atoms with Crippen molar-refractivity contribution in [3.8, 4) is 0 Å². The highest BCUT2D eigenvalue weighted by atomic mass is 16.6. The number of carbonyl (C=O) groups excluding carboxylic acids is 2. The number of para-hydroxylation sites is 2. The predicted octanol–water partition coefficient (Wildman–Crippen LogP) is 3.90. The molecule has 1 aliphatic heterocycles. The summed E-state index contributed by atoms with van der Waals surface area (Å²) >= 11 is 0. The average molecular weight is 377 g/mol. The van der Waals surface area contributed by atoms with E-state index in [1.807, 2.05) is 59.2 Å². The summed E-state index contributed by atoms with van der Waals surface area (Å²) in [6, 6.07) is 17.4. The number of benzene rings is 2. The molecule has 28 heavy (non-hydrogen) atoms. The third kappa shape index (κ3) is 3.76. The molecule has 1 atom stereocenters. The fourth-order valence-corrected chi connectivity index (χ4v) is 3.75. The number of carbonyl (C=O) groups is 2. The maximum atomic E-state index is 12.4. The molecule has 1 aromatic heterocycles. The molecule has 0 N–H and O–H groups in total. The van der Waals surface area contributed by atoms with Crippen molar-refractivity contribution in [3.05, 3.63) is 66.0 Å². The van der Waals surface area contributed by atoms with Gasteiger partial charge in [-0.3, -0.25) is 4.79 Å². The van der Waals surface area contributed by atoms with Crippen molar-refractivity contribution in [1.82, 2.24) is 14.5 Å². The summed E-state index contributed by atoms with van der Waals surface area (Å²) in [7, 11) is 0. The summed E-state index contributed by atoms with van der Waals surface area (Å²) in [5.41, 5.74) is 2.75. The van der Waals surface area contributed by atoms with Crippen molar-refractivity contribution in [2.24, 2.45) is 5.92 Å². The molecule has 1 saturated heterocycles. The molecule has 0 saturated carbocycles. The second kappa shape index (κ2) is 7.84. The molecule has 2 heterocycles. The molecule has 0 aliphatic carbocycles. The largest absolute Gasteiger partial charge is 0.445 e. The summed E-state index contributed by atoms with van der Waals surface area (Å²) in [5.74, 6) is 0.694. The maximum Gasteiger partial charge on any atom is 0.410 e. The topological polar surface area (TPSA) is 64.4 Å². The van der Waals surface area contributed by atoms with Crippen LogP contribution in [0.4, 0.5) is 4.79 Å². The molecule has 6 heteroatoms. The van der Waals surface area contributed by atoms with Gasteiger partial charge in [-0.05, 0) is 30.0 Å². The molecule has 6 nitrogen and oxygen atoms in total. The first-order valence-corrected chi connectivity index (χ1v) is 9.53. The molecule has 144 valence electrons. The van der Waals surface area contributed by atoms with Crippen molar-refractivity contribution < 1.29 is 14.3 Å². The van der Waals surface area contributed by atoms with Crippen LogP contribution in [0.3, 0.4) is 0 Å². The van der Waals surface area contributed by atoms with E-state index in [1.54, 1.807) is 11.8 Å². The number of ether oxygens (including phenoxy) is 1. The zero-order valence-electron chi connectivity index (χ0n) is 15.9. The van der Waals surface area contributed by atoms with Crippen LogP contribution in [0.2, 0.25) is 0 Å². The van der Waals surface area contributed by atoms with Gasteiger partial charge in [0.25, 0.3) is 0 Å². The van der Waals surface area contributed by atoms with E-state index in [2.05, 4.69) is 4.98 Å². The van der Waals surface area contributed by atoms with Crippen LogP contribution in [0.15, 0.2) is 54.6 Å². The fourth-order valence-electron chi connectivity index (χ4n) is 3.75. The van der Waals surface area contributed by atoms with Crippen LogP contribution in [0.5, 0.6) is 0 Å². The van der Waals surface area contributed by atoms with Gasteiger partial charge in [-0.1, -0.05) is 42.5 Å². The number of aromatic nitrogens is 2. The molecule has 0 bridgehead atoms. The Hall–Kier alpha value is -3.15. The Morgan fingerprint density at radius 2 is 1.86 bits per heavy atom. The normalized spacial score (nSPS) is 16.5. The quantitative estimate of drug-likeness (QED) is 0.633. The number of hydrogen-bond donors (Lipinski definition) is 0. The summed E-state index contributed by atoms with van der Waals surface area (Å²) < 4.78 is 7.43. The summed E-state index contributed by atoms with van der Waals surface area (Å²) in [5, 5.41) is 0. The Kier molecular flexibility index (Phi) is 5.10. The van der Waals surface area contributed by atoms with E-state index >= 15 is 0 Å². The fraction of sp³-hybridized carbons (Fsp3) is 0.318. The number of fused-ring (bicyclic) bond motifs is 1. The van der Waals surface area contributed by atoms with E-state index in [4.69, 9.17) is 4.74 Å². The van der Waals surface area contributed by atoms with Gasteiger partial charge >= 0.3 is 6.09 Å². The molecule has 2 aromatic carbocycles. The number of likely N-dealkylation sites (tertiary alicyclic amines) is 1. The number of Topliss-reactive ketones (excluding diaryl/α,β-unsaturated/α-hetero) is 1. The third-order valence-electron chi connectivity index (χ3n) is 5.16. The van der Waals surface area contributed by atoms with Crippen LogP contribution in [0.25, 0.3) is 11.0 Å². The number of imidazole rings is 1. The highest BCUT2D eigenvalue weighted by molar-refractivity contribution is 5.94. The van der Waals surface area contributed by atoms with E-state index in [0.717, 1.165) is 23.0 Å². The zero-order valence-corrected chi connectivity index (χ0v) is 15.9. The van der Waals surface area contributed by atoms with Gasteiger partial charge in [0.1, 0.15) is 6.61 Å². The first-order valence-electron chi connectivity index (χ1n) is 9.53. The number of rotatable bonds is 5. The van der Waals surface area contributed by atoms with Crippen LogP contribution in [-0.2, 0) is 17.9 Å². The predicted molar refractivity (Wildman–Crippen MR) is 106 cm³/mol. The monoisotopic (exact) mass is 377 g/mol. The van der Waals surface area contributed by atoms with Gasteiger partial charge in [0, 0.05) is 26.6 Å². The van der Waals surface area contributed by atoms with Crippen molar-refractivity contribution >= 4 is 22.9 Å². The van der Waals surface area contributed by atoms with Gasteiger partial charge in [0.2, 0.25) is 0 Å². The maximum absolute atomic E-state index is 12.4. The molecule has 0 unspecified atom stereocenters. The Bertz CT molecular complexity index is 997. The SMILES string of the molecule is CC(=O)c1nc2ccccc2n1C[C@H]1CCN(C(=O)OCc2ccccc2)C1. The van der Waals surface area contributed by atoms with Crippen LogP contribution < -0.4 is 0 Å². The van der Waals surface area contributed by atoms with Crippen molar-refractivity contribution in [2.45, 2.75) is 26.5 Å². The van der Waals surface area contributed by atoms with Crippen LogP contribution in [0.1, 0.15) is 29.5 Å². The number of amides is 1. The summed E-state index contributed by atoms with van der Waals surface area (Å²) in [4.78, 5) is 30.6. The molecule has 0 radical (unpaired) electrons. The lowest BCUT2D eigenvalue weighted by Gasteiger charge is -2.17. The summed E-state index contributed by atoms with van der Waals surface area (Å²) in [6.07, 6.45) is 0.596. The number of hydrogen-bond acceptors (Lipinski definition) is 4. The number of nitrogens with zero attached hydrogens (tertiary/aromatic N) is 3. The molecule has 1 amide bonds. The summed E-state index contributed by atoms with van der Waals surface area (Å²) in [6.45, 7) is 3.77. The minimum atomic E-state index is -0.284. The van der Waals surface area contributed by atoms with Gasteiger partial charge in [-0.25, -0.2) is 9.78 Å². The Balaban J connectivity index is 1.41. The first-order chi connectivity index (χ1) is 13.6. The smallest absolute Gasteiger partial charge is 0.410 e. The lowest BCUT2D eigenvalue weighted by molar-refractivity contribution is 0.0991. The zero-order chi connectivity index (χ0) is 19.5. The highest BCUT2D eigenvalue weighted by Gasteiger charge is 2.29. The van der Waals surface area contributed by atoms with Gasteiger partial charge in [0.15, 0.2) is 11.6 Å². The molecule has 4 rings (SSSR count). The van der Waals surface area contributed by atoms with Gasteiger partial charge in [-0.15, -0.1) is 0 Å². The molecule has 0 spiro atoms. The number of ketones is 1. The van der Waals surface area contributed by atoms with Crippen molar-refractivity contribution in [3.63, 3.8) is 0 Å². The van der Waals surface area contributed by atoms with E-state index in [9.17, 15) is 9.59 Å². The Morgan fingerprint density at radius 1 is 1.11 bits per heavy atom. The lowest BCUT2D eigenvalue weighted by Crippen LogP contribution is -2.30. The van der Waals surface area contributed by atoms with Crippen LogP contribution in [0, 0.1) is 5.92 Å². The van der Waals surface area contributed by atoms with Crippen molar-refractivity contribution in [2.75, 3.05) is 13.1 Å². The van der Waals surface area contributed by atoms with E-state index in [0.29, 0.717) is 25.5 Å². The second-order valence-electron chi connectivity index (χ2n) is 7.23. The molecule has 1 aliphatic rings. The second-order valence-corrected chi connectivity index (χ2v) is 7.23. The standard InChI is InChI=1S/C22H23N3O3/c1-16(26)21-23-19-9-5-6-10-20(19)25(21)14-18-11-12-24(13-18)22(27)28-15-17-7-3-2-4-8-17/h2-10,18H,11-15H2,1H3/t18-/m0/s1. The average Bonchev–Trinajstić information content (AvgIpc) is 3.33. The van der Waals surface area contributed by atoms with Crippen LogP contribution in [-0.4, -0.2) is 39.4 Å². The van der Waals surface area contributed by atoms with Gasteiger partial charge in [-0.2, -0.15) is 0 Å². The van der Waals surface area contributed by atoms with Crippen LogP contribution >= 0.6 is 0 Å². The van der Waals surface area contributed by atoms with E-state index in [-0.39, 0.29) is 24.4 Å². The van der Waals surface area contributed by atoms with Gasteiger partial charge in [0.05, 0.1) is 11.0 Å².